The summed E-state index contributed by atoms with van der Waals surface area (Å²) in [5.41, 5.74) is 3.24. The second-order valence-corrected chi connectivity index (χ2v) is 8.06. The second kappa shape index (κ2) is 9.22. The second-order valence-electron chi connectivity index (χ2n) is 8.06. The molecule has 0 saturated carbocycles. The summed E-state index contributed by atoms with van der Waals surface area (Å²) in [5, 5.41) is 0.975. The molecule has 0 bridgehead atoms. The van der Waals surface area contributed by atoms with Crippen LogP contribution in [0, 0.1) is 0 Å². The number of ether oxygens (including phenoxy) is 2. The number of hydrogen-bond acceptors (Lipinski definition) is 6. The Kier molecular flexibility index (Phi) is 5.83. The van der Waals surface area contributed by atoms with Crippen LogP contribution in [0.15, 0.2) is 73.3 Å². The van der Waals surface area contributed by atoms with E-state index in [4.69, 9.17) is 9.47 Å². The van der Waals surface area contributed by atoms with Gasteiger partial charge in [-0.3, -0.25) is 4.98 Å². The molecule has 2 aromatic carbocycles. The fourth-order valence-electron chi connectivity index (χ4n) is 4.39. The van der Waals surface area contributed by atoms with Gasteiger partial charge in [-0.2, -0.15) is 0 Å². The summed E-state index contributed by atoms with van der Waals surface area (Å²) in [7, 11) is 1.65. The normalized spacial score (nSPS) is 16.2. The van der Waals surface area contributed by atoms with Crippen molar-refractivity contribution in [1.82, 2.24) is 15.0 Å². The summed E-state index contributed by atoms with van der Waals surface area (Å²) in [6.07, 6.45) is 7.52. The summed E-state index contributed by atoms with van der Waals surface area (Å²) in [5.74, 6) is 2.78. The third kappa shape index (κ3) is 4.21. The van der Waals surface area contributed by atoms with Crippen molar-refractivity contribution in [1.29, 1.82) is 0 Å². The largest absolute Gasteiger partial charge is 0.493 e. The van der Waals surface area contributed by atoms with Gasteiger partial charge in [0, 0.05) is 48.4 Å². The number of nitrogens with zero attached hydrogens (tertiary/aromatic N) is 4. The molecule has 2 aromatic heterocycles. The topological polar surface area (TPSA) is 60.4 Å². The van der Waals surface area contributed by atoms with Crippen LogP contribution in [-0.2, 0) is 6.61 Å². The maximum Gasteiger partial charge on any atom is 0.162 e. The van der Waals surface area contributed by atoms with Gasteiger partial charge < -0.3 is 14.4 Å². The fourth-order valence-corrected chi connectivity index (χ4v) is 4.39. The number of fused-ring (bicyclic) bond motifs is 1. The molecule has 1 aliphatic heterocycles. The van der Waals surface area contributed by atoms with Crippen molar-refractivity contribution >= 4 is 16.7 Å². The highest BCUT2D eigenvalue weighted by Crippen LogP contribution is 2.37. The predicted molar refractivity (Wildman–Crippen MR) is 125 cm³/mol. The number of benzene rings is 2. The number of pyridine rings is 1. The van der Waals surface area contributed by atoms with Gasteiger partial charge in [0.15, 0.2) is 11.5 Å². The van der Waals surface area contributed by atoms with Crippen LogP contribution in [0.4, 0.5) is 5.82 Å². The summed E-state index contributed by atoms with van der Waals surface area (Å²) >= 11 is 0. The molecule has 1 atom stereocenters. The van der Waals surface area contributed by atoms with Gasteiger partial charge in [0.2, 0.25) is 0 Å². The molecular formula is C26H26N4O2. The monoisotopic (exact) mass is 426 g/mol. The minimum absolute atomic E-state index is 0.415. The first-order chi connectivity index (χ1) is 15.8. The van der Waals surface area contributed by atoms with E-state index < -0.39 is 0 Å². The van der Waals surface area contributed by atoms with Crippen LogP contribution in [0.1, 0.15) is 29.9 Å². The van der Waals surface area contributed by atoms with Crippen LogP contribution in [0.25, 0.3) is 10.9 Å². The lowest BCUT2D eigenvalue weighted by Gasteiger charge is -2.34. The van der Waals surface area contributed by atoms with E-state index in [1.54, 1.807) is 25.8 Å². The van der Waals surface area contributed by atoms with Gasteiger partial charge in [0.05, 0.1) is 12.6 Å². The molecule has 6 heteroatoms. The molecule has 0 N–H and O–H groups in total. The molecule has 162 valence electrons. The van der Waals surface area contributed by atoms with E-state index in [0.29, 0.717) is 24.0 Å². The predicted octanol–water partition coefficient (Wildman–Crippen LogP) is 5.00. The van der Waals surface area contributed by atoms with Crippen molar-refractivity contribution in [3.8, 4) is 11.5 Å². The number of piperidine rings is 1. The molecule has 0 radical (unpaired) electrons. The van der Waals surface area contributed by atoms with Crippen molar-refractivity contribution in [3.63, 3.8) is 0 Å². The van der Waals surface area contributed by atoms with E-state index in [-0.39, 0.29) is 0 Å². The zero-order valence-electron chi connectivity index (χ0n) is 18.1. The van der Waals surface area contributed by atoms with E-state index in [1.807, 2.05) is 24.3 Å². The average Bonchev–Trinajstić information content (AvgIpc) is 2.87. The highest BCUT2D eigenvalue weighted by molar-refractivity contribution is 5.92. The average molecular weight is 427 g/mol. The molecule has 1 unspecified atom stereocenters. The number of methoxy groups -OCH3 is 1. The first-order valence-corrected chi connectivity index (χ1v) is 11.0. The zero-order valence-corrected chi connectivity index (χ0v) is 18.1. The zero-order chi connectivity index (χ0) is 21.8. The summed E-state index contributed by atoms with van der Waals surface area (Å²) in [4.78, 5) is 15.7. The number of rotatable bonds is 6. The molecule has 0 amide bonds. The molecule has 5 rings (SSSR count). The Labute approximate surface area is 187 Å². The van der Waals surface area contributed by atoms with Gasteiger partial charge in [0.1, 0.15) is 18.8 Å². The van der Waals surface area contributed by atoms with Crippen molar-refractivity contribution in [2.75, 3.05) is 25.1 Å². The molecular weight excluding hydrogens is 400 g/mol. The lowest BCUT2D eigenvalue weighted by atomic mass is 9.90. The Morgan fingerprint density at radius 1 is 1.03 bits per heavy atom. The van der Waals surface area contributed by atoms with E-state index in [0.717, 1.165) is 41.8 Å². The highest BCUT2D eigenvalue weighted by atomic mass is 16.5. The molecule has 3 heterocycles. The lowest BCUT2D eigenvalue weighted by Crippen LogP contribution is -2.35. The van der Waals surface area contributed by atoms with Gasteiger partial charge in [-0.15, -0.1) is 0 Å². The molecule has 0 spiro atoms. The first kappa shape index (κ1) is 20.2. The van der Waals surface area contributed by atoms with Crippen LogP contribution in [0.2, 0.25) is 0 Å². The van der Waals surface area contributed by atoms with Gasteiger partial charge in [-0.1, -0.05) is 36.4 Å². The number of aromatic nitrogens is 3. The fraction of sp³-hybridized carbons (Fsp3) is 0.269. The molecule has 1 saturated heterocycles. The van der Waals surface area contributed by atoms with Crippen molar-refractivity contribution in [2.45, 2.75) is 25.4 Å². The van der Waals surface area contributed by atoms with Gasteiger partial charge in [-0.05, 0) is 30.5 Å². The van der Waals surface area contributed by atoms with Crippen LogP contribution >= 0.6 is 0 Å². The first-order valence-electron chi connectivity index (χ1n) is 11.0. The Bertz CT molecular complexity index is 1180. The van der Waals surface area contributed by atoms with Gasteiger partial charge in [-0.25, -0.2) is 9.97 Å². The van der Waals surface area contributed by atoms with Crippen molar-refractivity contribution in [2.24, 2.45) is 0 Å². The van der Waals surface area contributed by atoms with E-state index in [9.17, 15) is 0 Å². The SMILES string of the molecule is COc1cc2ncnc(N3CCCC(c4ccccc4)C3)c2cc1OCc1cccnc1. The Morgan fingerprint density at radius 3 is 2.75 bits per heavy atom. The van der Waals surface area contributed by atoms with Crippen LogP contribution in [-0.4, -0.2) is 35.2 Å². The van der Waals surface area contributed by atoms with Gasteiger partial charge >= 0.3 is 0 Å². The molecule has 1 aliphatic rings. The standard InChI is InChI=1S/C26H26N4O2/c1-31-24-14-23-22(13-25(24)32-17-19-7-5-11-27-15-19)26(29-18-28-23)30-12-6-10-21(16-30)20-8-3-2-4-9-20/h2-5,7-9,11,13-15,18,21H,6,10,12,16-17H2,1H3. The molecule has 32 heavy (non-hydrogen) atoms. The molecule has 4 aromatic rings. The summed E-state index contributed by atoms with van der Waals surface area (Å²) in [6.45, 7) is 2.33. The third-order valence-electron chi connectivity index (χ3n) is 6.01. The number of anilines is 1. The minimum atomic E-state index is 0.415. The molecule has 6 nitrogen and oxygen atoms in total. The molecule has 1 fully saturated rings. The summed E-state index contributed by atoms with van der Waals surface area (Å²) < 4.78 is 11.7. The maximum atomic E-state index is 6.12. The van der Waals surface area contributed by atoms with Crippen LogP contribution in [0.5, 0.6) is 11.5 Å². The molecule has 0 aliphatic carbocycles. The maximum absolute atomic E-state index is 6.12. The van der Waals surface area contributed by atoms with Gasteiger partial charge in [0.25, 0.3) is 0 Å². The smallest absolute Gasteiger partial charge is 0.162 e. The highest BCUT2D eigenvalue weighted by Gasteiger charge is 2.24. The van der Waals surface area contributed by atoms with Crippen LogP contribution < -0.4 is 14.4 Å². The quantitative estimate of drug-likeness (QED) is 0.433. The van der Waals surface area contributed by atoms with Crippen molar-refractivity contribution < 1.29 is 9.47 Å². The van der Waals surface area contributed by atoms with Crippen LogP contribution in [0.3, 0.4) is 0 Å². The summed E-state index contributed by atoms with van der Waals surface area (Å²) in [6, 6.07) is 18.6. The Hall–Kier alpha value is -3.67. The minimum Gasteiger partial charge on any atom is -0.493 e. The van der Waals surface area contributed by atoms with E-state index >= 15 is 0 Å². The van der Waals surface area contributed by atoms with E-state index in [2.05, 4.69) is 50.2 Å². The van der Waals surface area contributed by atoms with Crippen molar-refractivity contribution in [3.05, 3.63) is 84.4 Å². The Morgan fingerprint density at radius 2 is 1.94 bits per heavy atom. The Balaban J connectivity index is 1.46. The number of hydrogen-bond donors (Lipinski definition) is 0. The van der Waals surface area contributed by atoms with E-state index in [1.165, 1.54) is 12.0 Å². The lowest BCUT2D eigenvalue weighted by molar-refractivity contribution is 0.284. The third-order valence-corrected chi connectivity index (χ3v) is 6.01.